The average Bonchev–Trinajstić information content (AvgIpc) is 3.40. The Labute approximate surface area is 220 Å². The Morgan fingerprint density at radius 3 is 2.44 bits per heavy atom. The van der Waals surface area contributed by atoms with Crippen LogP contribution in [-0.4, -0.2) is 56.9 Å². The number of carboxylic acid groups (broad SMARTS) is 1. The normalized spacial score (nSPS) is 16.8. The monoisotopic (exact) mass is 553 g/mol. The number of rotatable bonds is 9. The van der Waals surface area contributed by atoms with E-state index in [1.807, 2.05) is 0 Å². The van der Waals surface area contributed by atoms with Gasteiger partial charge in [0.2, 0.25) is 5.82 Å². The number of halogens is 4. The highest BCUT2D eigenvalue weighted by atomic mass is 19.3. The van der Waals surface area contributed by atoms with Gasteiger partial charge in [-0.05, 0) is 45.7 Å². The summed E-state index contributed by atoms with van der Waals surface area (Å²) in [4.78, 5) is 45.3. The summed E-state index contributed by atoms with van der Waals surface area (Å²) in [6.45, 7) is 4.65. The molecule has 1 atom stereocenters. The van der Waals surface area contributed by atoms with Crippen molar-refractivity contribution >= 4 is 45.6 Å². The minimum Gasteiger partial charge on any atom is -0.477 e. The summed E-state index contributed by atoms with van der Waals surface area (Å²) >= 11 is 0. The highest BCUT2D eigenvalue weighted by Gasteiger charge is 2.43. The van der Waals surface area contributed by atoms with Gasteiger partial charge in [0, 0.05) is 24.6 Å². The van der Waals surface area contributed by atoms with E-state index in [4.69, 9.17) is 14.3 Å². The Morgan fingerprint density at radius 1 is 1.10 bits per heavy atom. The molecular formula is C26H27F4N3O6. The van der Waals surface area contributed by atoms with E-state index in [1.54, 1.807) is 45.0 Å². The third-order valence-corrected chi connectivity index (χ3v) is 6.17. The lowest BCUT2D eigenvalue weighted by atomic mass is 10.1. The number of benzene rings is 1. The molecule has 1 saturated heterocycles. The lowest BCUT2D eigenvalue weighted by molar-refractivity contribution is -0.166. The second-order valence-corrected chi connectivity index (χ2v) is 10.5. The maximum absolute atomic E-state index is 15.4. The van der Waals surface area contributed by atoms with Crippen molar-refractivity contribution in [2.75, 3.05) is 11.4 Å². The number of hydrogen-bond acceptors (Lipinski definition) is 8. The number of para-hydroxylation sites is 1. The van der Waals surface area contributed by atoms with Gasteiger partial charge in [-0.15, -0.1) is 0 Å². The van der Waals surface area contributed by atoms with E-state index in [1.165, 1.54) is 4.90 Å². The Hall–Kier alpha value is -3.77. The van der Waals surface area contributed by atoms with Gasteiger partial charge >= 0.3 is 23.8 Å². The number of aromatic nitrogens is 2. The van der Waals surface area contributed by atoms with Gasteiger partial charge in [-0.25, -0.2) is 19.6 Å². The lowest BCUT2D eigenvalue weighted by Gasteiger charge is -2.28. The molecule has 1 aliphatic rings. The first-order chi connectivity index (χ1) is 18.1. The number of furan rings is 1. The predicted molar refractivity (Wildman–Crippen MR) is 131 cm³/mol. The highest BCUT2D eigenvalue weighted by Crippen LogP contribution is 2.40. The van der Waals surface area contributed by atoms with Gasteiger partial charge in [-0.1, -0.05) is 12.1 Å². The molecule has 3 aromatic rings. The van der Waals surface area contributed by atoms with E-state index in [9.17, 15) is 23.2 Å². The Balaban J connectivity index is 1.73. The summed E-state index contributed by atoms with van der Waals surface area (Å²) in [5.74, 6) is -12.2. The molecular weight excluding hydrogens is 526 g/mol. The lowest BCUT2D eigenvalue weighted by Crippen LogP contribution is -2.41. The number of alkyl halides is 4. The fraction of sp³-hybridized carbons (Fsp3) is 0.500. The number of anilines is 1. The van der Waals surface area contributed by atoms with Gasteiger partial charge in [0.15, 0.2) is 17.2 Å². The first-order valence-corrected chi connectivity index (χ1v) is 12.3. The molecule has 0 saturated carbocycles. The number of fused-ring (bicyclic) bond motifs is 3. The molecule has 39 heavy (non-hydrogen) atoms. The average molecular weight is 554 g/mol. The van der Waals surface area contributed by atoms with Gasteiger partial charge in [-0.3, -0.25) is 4.79 Å². The summed E-state index contributed by atoms with van der Waals surface area (Å²) in [6.07, 6.45) is -3.15. The maximum Gasteiger partial charge on any atom is 0.374 e. The molecule has 0 amide bonds. The van der Waals surface area contributed by atoms with Crippen molar-refractivity contribution in [1.82, 2.24) is 9.97 Å². The third kappa shape index (κ3) is 5.96. The zero-order valence-electron chi connectivity index (χ0n) is 21.5. The number of carbonyl (C=O) groups is 3. The first kappa shape index (κ1) is 28.2. The molecule has 9 nitrogen and oxygen atoms in total. The van der Waals surface area contributed by atoms with Gasteiger partial charge in [0.25, 0.3) is 0 Å². The Bertz CT molecular complexity index is 1430. The van der Waals surface area contributed by atoms with Crippen molar-refractivity contribution < 1.29 is 46.2 Å². The molecule has 0 aliphatic carbocycles. The molecule has 0 bridgehead atoms. The molecule has 13 heteroatoms. The van der Waals surface area contributed by atoms with E-state index in [-0.39, 0.29) is 35.7 Å². The van der Waals surface area contributed by atoms with Crippen LogP contribution in [0.5, 0.6) is 0 Å². The number of ether oxygens (including phenoxy) is 1. The summed E-state index contributed by atoms with van der Waals surface area (Å²) in [5.41, 5.74) is -0.520. The molecule has 4 rings (SSSR count). The van der Waals surface area contributed by atoms with Gasteiger partial charge in [0.05, 0.1) is 6.54 Å². The molecule has 0 radical (unpaired) electrons. The van der Waals surface area contributed by atoms with Crippen LogP contribution >= 0.6 is 0 Å². The van der Waals surface area contributed by atoms with Gasteiger partial charge < -0.3 is 19.2 Å². The number of hydrogen-bond donors (Lipinski definition) is 1. The molecule has 0 spiro atoms. The summed E-state index contributed by atoms with van der Waals surface area (Å²) < 4.78 is 68.7. The predicted octanol–water partition coefficient (Wildman–Crippen LogP) is 5.24. The number of esters is 1. The molecule has 210 valence electrons. The first-order valence-electron chi connectivity index (χ1n) is 12.3. The Morgan fingerprint density at radius 2 is 1.77 bits per heavy atom. The van der Waals surface area contributed by atoms with E-state index in [0.717, 1.165) is 0 Å². The second-order valence-electron chi connectivity index (χ2n) is 10.5. The minimum atomic E-state index is -4.02. The van der Waals surface area contributed by atoms with Crippen molar-refractivity contribution in [3.63, 3.8) is 0 Å². The number of carbonyl (C=O) groups excluding carboxylic acids is 2. The van der Waals surface area contributed by atoms with Crippen LogP contribution in [0.3, 0.4) is 0 Å². The molecule has 1 aliphatic heterocycles. The van der Waals surface area contributed by atoms with E-state index >= 15 is 8.78 Å². The fourth-order valence-electron chi connectivity index (χ4n) is 4.34. The zero-order valence-corrected chi connectivity index (χ0v) is 21.5. The van der Waals surface area contributed by atoms with E-state index in [2.05, 4.69) is 9.97 Å². The summed E-state index contributed by atoms with van der Waals surface area (Å²) in [7, 11) is 0. The topological polar surface area (TPSA) is 123 Å². The molecule has 1 fully saturated rings. The number of carboxylic acids is 1. The molecule has 3 heterocycles. The van der Waals surface area contributed by atoms with Crippen molar-refractivity contribution in [1.29, 1.82) is 0 Å². The molecule has 2 aromatic heterocycles. The van der Waals surface area contributed by atoms with Gasteiger partial charge in [0.1, 0.15) is 22.7 Å². The number of aliphatic carboxylic acids is 1. The van der Waals surface area contributed by atoms with Crippen LogP contribution in [0, 0.1) is 0 Å². The van der Waals surface area contributed by atoms with Gasteiger partial charge in [-0.2, -0.15) is 17.6 Å². The zero-order chi connectivity index (χ0) is 28.8. The van der Waals surface area contributed by atoms with Crippen LogP contribution < -0.4 is 4.90 Å². The van der Waals surface area contributed by atoms with Crippen LogP contribution in [-0.2, 0) is 25.0 Å². The van der Waals surface area contributed by atoms with Crippen molar-refractivity contribution in [2.24, 2.45) is 0 Å². The number of nitrogens with zero attached hydrogens (tertiary/aromatic N) is 3. The number of ketones is 1. The van der Waals surface area contributed by atoms with E-state index < -0.39 is 66.9 Å². The van der Waals surface area contributed by atoms with Crippen LogP contribution in [0.15, 0.2) is 28.7 Å². The summed E-state index contributed by atoms with van der Waals surface area (Å²) in [5, 5.41) is 8.93. The largest absolute Gasteiger partial charge is 0.477 e. The SMILES string of the molecule is CC(C)(C)OC(=O)[C@@H]1CC(=O)CN1c1nc(C(F)(F)CCCCC(F)(F)C(=O)O)nc2c1oc1ccccc12. The van der Waals surface area contributed by atoms with Crippen LogP contribution in [0.2, 0.25) is 0 Å². The maximum atomic E-state index is 15.4. The number of Topliss-reactive ketones (excluding diaryl/α,β-unsaturated/α-hetero) is 1. The quantitative estimate of drug-likeness (QED) is 0.215. The van der Waals surface area contributed by atoms with Crippen LogP contribution in [0.25, 0.3) is 22.1 Å². The minimum absolute atomic E-state index is 0.000101. The number of unbranched alkanes of at least 4 members (excludes halogenated alkanes) is 1. The summed E-state index contributed by atoms with van der Waals surface area (Å²) in [6, 6.07) is 5.39. The van der Waals surface area contributed by atoms with Crippen molar-refractivity contribution in [3.8, 4) is 0 Å². The second kappa shape index (κ2) is 10.1. The fourth-order valence-corrected chi connectivity index (χ4v) is 4.34. The van der Waals surface area contributed by atoms with Crippen LogP contribution in [0.1, 0.15) is 58.7 Å². The van der Waals surface area contributed by atoms with E-state index in [0.29, 0.717) is 11.0 Å². The smallest absolute Gasteiger partial charge is 0.374 e. The van der Waals surface area contributed by atoms with Crippen molar-refractivity contribution in [2.45, 2.75) is 76.4 Å². The highest BCUT2D eigenvalue weighted by molar-refractivity contribution is 6.07. The van der Waals surface area contributed by atoms with Crippen LogP contribution in [0.4, 0.5) is 23.4 Å². The Kier molecular flexibility index (Phi) is 7.30. The van der Waals surface area contributed by atoms with Crippen molar-refractivity contribution in [3.05, 3.63) is 30.1 Å². The third-order valence-electron chi connectivity index (χ3n) is 6.17. The standard InChI is InChI=1S/C26H27F4N3O6/c1-24(2,3)39-21(35)16-12-14(34)13-33(16)20-19-18(15-8-4-5-9-17(15)38-19)31-22(32-20)25(27,28)10-6-7-11-26(29,30)23(36)37/h4-5,8-9,16H,6-7,10-13H2,1-3H3,(H,36,37)/t16-/m0/s1. The molecule has 1 N–H and O–H groups in total. The molecule has 0 unspecified atom stereocenters. The molecule has 1 aromatic carbocycles.